The van der Waals surface area contributed by atoms with Crippen LogP contribution in [0.15, 0.2) is 54.6 Å². The molecule has 3 amide bonds. The van der Waals surface area contributed by atoms with E-state index in [4.69, 9.17) is 11.6 Å². The van der Waals surface area contributed by atoms with Crippen LogP contribution in [-0.2, 0) is 14.4 Å². The van der Waals surface area contributed by atoms with E-state index in [9.17, 15) is 19.5 Å². The van der Waals surface area contributed by atoms with Crippen molar-refractivity contribution in [2.75, 3.05) is 11.4 Å². The van der Waals surface area contributed by atoms with Gasteiger partial charge >= 0.3 is 0 Å². The quantitative estimate of drug-likeness (QED) is 0.801. The average Bonchev–Trinajstić information content (AvgIpc) is 2.95. The second kappa shape index (κ2) is 7.90. The highest BCUT2D eigenvalue weighted by atomic mass is 35.5. The summed E-state index contributed by atoms with van der Waals surface area (Å²) in [4.78, 5) is 39.8. The Bertz CT molecular complexity index is 854. The summed E-state index contributed by atoms with van der Waals surface area (Å²) in [5, 5.41) is 10.9. The summed E-state index contributed by atoms with van der Waals surface area (Å²) in [6.07, 6.45) is -1.08. The molecule has 0 aromatic heterocycles. The molecule has 1 N–H and O–H groups in total. The van der Waals surface area contributed by atoms with Crippen LogP contribution in [0, 0.1) is 0 Å². The molecule has 0 spiro atoms. The van der Waals surface area contributed by atoms with Crippen LogP contribution >= 0.6 is 11.6 Å². The monoisotopic (exact) mass is 386 g/mol. The van der Waals surface area contributed by atoms with E-state index in [1.807, 2.05) is 6.07 Å². The molecule has 1 heterocycles. The molecule has 1 fully saturated rings. The van der Waals surface area contributed by atoms with E-state index in [0.29, 0.717) is 16.3 Å². The van der Waals surface area contributed by atoms with Gasteiger partial charge in [0.05, 0.1) is 24.8 Å². The third-order valence-corrected chi connectivity index (χ3v) is 4.79. The summed E-state index contributed by atoms with van der Waals surface area (Å²) < 4.78 is 0. The molecule has 3 rings (SSSR count). The van der Waals surface area contributed by atoms with Gasteiger partial charge in [0.15, 0.2) is 0 Å². The van der Waals surface area contributed by atoms with Gasteiger partial charge in [0.1, 0.15) is 6.04 Å². The number of hydrogen-bond acceptors (Lipinski definition) is 4. The van der Waals surface area contributed by atoms with E-state index >= 15 is 0 Å². The molecular weight excluding hydrogens is 368 g/mol. The molecule has 0 aliphatic carbocycles. The third-order valence-electron chi connectivity index (χ3n) is 4.54. The second-order valence-corrected chi connectivity index (χ2v) is 6.80. The molecule has 1 aliphatic heterocycles. The Morgan fingerprint density at radius 3 is 2.41 bits per heavy atom. The smallest absolute Gasteiger partial charge is 0.257 e. The number of anilines is 1. The van der Waals surface area contributed by atoms with Crippen molar-refractivity contribution in [3.8, 4) is 0 Å². The molecule has 7 heteroatoms. The van der Waals surface area contributed by atoms with Gasteiger partial charge in [-0.2, -0.15) is 0 Å². The normalized spacial score (nSPS) is 17.9. The lowest BCUT2D eigenvalue weighted by Gasteiger charge is -2.28. The van der Waals surface area contributed by atoms with E-state index in [0.717, 1.165) is 4.90 Å². The fourth-order valence-electron chi connectivity index (χ4n) is 3.16. The van der Waals surface area contributed by atoms with Gasteiger partial charge < -0.3 is 10.0 Å². The molecule has 2 aromatic carbocycles. The van der Waals surface area contributed by atoms with Crippen molar-refractivity contribution in [1.82, 2.24) is 4.90 Å². The van der Waals surface area contributed by atoms with E-state index in [1.54, 1.807) is 48.5 Å². The molecule has 0 bridgehead atoms. The van der Waals surface area contributed by atoms with Crippen molar-refractivity contribution in [1.29, 1.82) is 0 Å². The van der Waals surface area contributed by atoms with Crippen molar-refractivity contribution in [2.45, 2.75) is 25.5 Å². The number of nitrogens with zero attached hydrogens (tertiary/aromatic N) is 2. The van der Waals surface area contributed by atoms with Crippen LogP contribution in [0.1, 0.15) is 25.0 Å². The minimum atomic E-state index is -0.956. The van der Waals surface area contributed by atoms with E-state index in [1.165, 1.54) is 11.8 Å². The van der Waals surface area contributed by atoms with Crippen LogP contribution in [0.2, 0.25) is 5.02 Å². The van der Waals surface area contributed by atoms with Gasteiger partial charge in [0.2, 0.25) is 11.8 Å². The zero-order chi connectivity index (χ0) is 19.6. The largest absolute Gasteiger partial charge is 0.387 e. The number of amides is 3. The minimum Gasteiger partial charge on any atom is -0.387 e. The molecule has 140 valence electrons. The number of benzene rings is 2. The van der Waals surface area contributed by atoms with Crippen LogP contribution < -0.4 is 4.90 Å². The fourth-order valence-corrected chi connectivity index (χ4v) is 3.29. The highest BCUT2D eigenvalue weighted by Crippen LogP contribution is 2.28. The van der Waals surface area contributed by atoms with Gasteiger partial charge in [0.25, 0.3) is 5.91 Å². The van der Waals surface area contributed by atoms with Crippen molar-refractivity contribution in [3.05, 3.63) is 65.2 Å². The molecule has 2 aromatic rings. The zero-order valence-corrected chi connectivity index (χ0v) is 15.5. The molecule has 0 saturated carbocycles. The molecule has 2 atom stereocenters. The van der Waals surface area contributed by atoms with Gasteiger partial charge in [-0.25, -0.2) is 4.90 Å². The van der Waals surface area contributed by atoms with Gasteiger partial charge in [-0.15, -0.1) is 0 Å². The summed E-state index contributed by atoms with van der Waals surface area (Å²) in [6, 6.07) is 14.3. The SMILES string of the molecule is CC(=O)N(C[C@H](O)c1ccccc1)[C@H]1CC(=O)N(c2ccc(Cl)cc2)C1=O. The van der Waals surface area contributed by atoms with Crippen molar-refractivity contribution >= 4 is 35.0 Å². The molecular formula is C20H19ClN2O4. The van der Waals surface area contributed by atoms with Crippen molar-refractivity contribution in [2.24, 2.45) is 0 Å². The first-order chi connectivity index (χ1) is 12.9. The molecule has 0 radical (unpaired) electrons. The first-order valence-electron chi connectivity index (χ1n) is 8.51. The van der Waals surface area contributed by atoms with Gasteiger partial charge in [-0.1, -0.05) is 41.9 Å². The van der Waals surface area contributed by atoms with Crippen molar-refractivity contribution < 1.29 is 19.5 Å². The lowest BCUT2D eigenvalue weighted by molar-refractivity contribution is -0.138. The fraction of sp³-hybridized carbons (Fsp3) is 0.250. The Kier molecular flexibility index (Phi) is 5.58. The summed E-state index contributed by atoms with van der Waals surface area (Å²) >= 11 is 5.86. The Balaban J connectivity index is 1.82. The van der Waals surface area contributed by atoms with Crippen LogP contribution in [0.5, 0.6) is 0 Å². The number of carbonyl (C=O) groups excluding carboxylic acids is 3. The number of carbonyl (C=O) groups is 3. The van der Waals surface area contributed by atoms with Gasteiger partial charge in [-0.05, 0) is 29.8 Å². The minimum absolute atomic E-state index is 0.0719. The maximum absolute atomic E-state index is 12.9. The summed E-state index contributed by atoms with van der Waals surface area (Å²) in [5.41, 5.74) is 1.04. The number of rotatable bonds is 5. The first-order valence-corrected chi connectivity index (χ1v) is 8.89. The molecule has 0 unspecified atom stereocenters. The number of aliphatic hydroxyl groups excluding tert-OH is 1. The topological polar surface area (TPSA) is 77.9 Å². The number of hydrogen-bond donors (Lipinski definition) is 1. The summed E-state index contributed by atoms with van der Waals surface area (Å²) in [7, 11) is 0. The third kappa shape index (κ3) is 4.02. The molecule has 1 aliphatic rings. The lowest BCUT2D eigenvalue weighted by Crippen LogP contribution is -2.46. The van der Waals surface area contributed by atoms with Gasteiger partial charge in [0, 0.05) is 11.9 Å². The predicted molar refractivity (Wildman–Crippen MR) is 101 cm³/mol. The standard InChI is InChI=1S/C20H19ClN2O4/c1-13(24)22(12-18(25)14-5-3-2-4-6-14)17-11-19(26)23(20(17)27)16-9-7-15(21)8-10-16/h2-10,17-18,25H,11-12H2,1H3/t17-,18-/m0/s1. The first kappa shape index (κ1) is 19.1. The van der Waals surface area contributed by atoms with Gasteiger partial charge in [-0.3, -0.25) is 14.4 Å². The Morgan fingerprint density at radius 1 is 1.19 bits per heavy atom. The Morgan fingerprint density at radius 2 is 1.81 bits per heavy atom. The Labute approximate surface area is 162 Å². The van der Waals surface area contributed by atoms with E-state index < -0.39 is 24.0 Å². The Hall–Kier alpha value is -2.70. The average molecular weight is 387 g/mol. The summed E-state index contributed by atoms with van der Waals surface area (Å²) in [6.45, 7) is 1.25. The number of aliphatic hydroxyl groups is 1. The second-order valence-electron chi connectivity index (χ2n) is 6.36. The number of halogens is 1. The van der Waals surface area contributed by atoms with Crippen LogP contribution in [0.3, 0.4) is 0 Å². The zero-order valence-electron chi connectivity index (χ0n) is 14.7. The lowest BCUT2D eigenvalue weighted by atomic mass is 10.1. The number of imide groups is 1. The van der Waals surface area contributed by atoms with Crippen LogP contribution in [0.25, 0.3) is 0 Å². The maximum Gasteiger partial charge on any atom is 0.257 e. The van der Waals surface area contributed by atoms with Crippen LogP contribution in [-0.4, -0.2) is 40.3 Å². The highest BCUT2D eigenvalue weighted by molar-refractivity contribution is 6.30. The van der Waals surface area contributed by atoms with Crippen LogP contribution in [0.4, 0.5) is 5.69 Å². The molecule has 1 saturated heterocycles. The summed E-state index contributed by atoms with van der Waals surface area (Å²) in [5.74, 6) is -1.26. The van der Waals surface area contributed by atoms with E-state index in [2.05, 4.69) is 0 Å². The molecule has 6 nitrogen and oxygen atoms in total. The predicted octanol–water partition coefficient (Wildman–Crippen LogP) is 2.55. The molecule has 27 heavy (non-hydrogen) atoms. The van der Waals surface area contributed by atoms with E-state index in [-0.39, 0.29) is 18.9 Å². The maximum atomic E-state index is 12.9. The highest BCUT2D eigenvalue weighted by Gasteiger charge is 2.44. The van der Waals surface area contributed by atoms with Crippen molar-refractivity contribution in [3.63, 3.8) is 0 Å².